The van der Waals surface area contributed by atoms with Crippen molar-refractivity contribution < 1.29 is 9.59 Å². The maximum atomic E-state index is 12.8. The van der Waals surface area contributed by atoms with E-state index in [2.05, 4.69) is 34.5 Å². The van der Waals surface area contributed by atoms with Gasteiger partial charge in [0.05, 0.1) is 12.6 Å². The molecule has 0 heterocycles. The lowest BCUT2D eigenvalue weighted by Gasteiger charge is -2.36. The maximum Gasteiger partial charge on any atom is 0.242 e. The van der Waals surface area contributed by atoms with Crippen LogP contribution in [-0.2, 0) is 16.0 Å². The molecule has 23 heavy (non-hydrogen) atoms. The number of aryl methyl sites for hydroxylation is 1. The molecule has 4 nitrogen and oxygen atoms in total. The average Bonchev–Trinajstić information content (AvgIpc) is 3.46. The normalized spacial score (nSPS) is 23.0. The molecule has 4 rings (SSSR count). The third-order valence-corrected chi connectivity index (χ3v) is 5.26. The highest BCUT2D eigenvalue weighted by Crippen LogP contribution is 2.40. The molecule has 0 spiro atoms. The summed E-state index contributed by atoms with van der Waals surface area (Å²) >= 11 is 0. The van der Waals surface area contributed by atoms with Crippen molar-refractivity contribution in [3.8, 4) is 0 Å². The molecule has 3 aliphatic carbocycles. The van der Waals surface area contributed by atoms with Crippen molar-refractivity contribution in [2.45, 2.75) is 57.0 Å². The molecule has 2 saturated carbocycles. The summed E-state index contributed by atoms with van der Waals surface area (Å²) in [5, 5.41) is 2.84. The van der Waals surface area contributed by atoms with E-state index in [1.165, 1.54) is 11.1 Å². The first-order chi connectivity index (χ1) is 11.2. The smallest absolute Gasteiger partial charge is 0.242 e. The van der Waals surface area contributed by atoms with Gasteiger partial charge in [0.2, 0.25) is 11.8 Å². The molecule has 0 saturated heterocycles. The van der Waals surface area contributed by atoms with E-state index in [1.54, 1.807) is 0 Å². The standard InChI is InChI=1S/C19H24N2O2/c22-18(12-20-19(23)14-8-9-14)21(15-10-11-15)17-7-3-5-13-4-1-2-6-16(13)17/h1-2,4,6,14-15,17H,3,5,7-12H2,(H,20,23). The minimum atomic E-state index is 0.0538. The Kier molecular flexibility index (Phi) is 3.83. The summed E-state index contributed by atoms with van der Waals surface area (Å²) in [5.41, 5.74) is 2.69. The maximum absolute atomic E-state index is 12.8. The predicted octanol–water partition coefficient (Wildman–Crippen LogP) is 2.58. The van der Waals surface area contributed by atoms with Crippen molar-refractivity contribution >= 4 is 11.8 Å². The van der Waals surface area contributed by atoms with Crippen LogP contribution in [0.4, 0.5) is 0 Å². The highest BCUT2D eigenvalue weighted by atomic mass is 16.2. The Morgan fingerprint density at radius 1 is 1.09 bits per heavy atom. The van der Waals surface area contributed by atoms with Crippen LogP contribution in [0.5, 0.6) is 0 Å². The summed E-state index contributed by atoms with van der Waals surface area (Å²) in [7, 11) is 0. The second kappa shape index (κ2) is 5.99. The van der Waals surface area contributed by atoms with Crippen LogP contribution >= 0.6 is 0 Å². The summed E-state index contributed by atoms with van der Waals surface area (Å²) in [4.78, 5) is 26.7. The van der Waals surface area contributed by atoms with E-state index < -0.39 is 0 Å². The Hall–Kier alpha value is -1.84. The molecule has 122 valence electrons. The minimum absolute atomic E-state index is 0.0538. The zero-order valence-corrected chi connectivity index (χ0v) is 13.5. The summed E-state index contributed by atoms with van der Waals surface area (Å²) in [6, 6.07) is 9.08. The number of benzene rings is 1. The largest absolute Gasteiger partial charge is 0.347 e. The van der Waals surface area contributed by atoms with Crippen LogP contribution in [0.25, 0.3) is 0 Å². The number of fused-ring (bicyclic) bond motifs is 1. The molecule has 1 unspecified atom stereocenters. The fourth-order valence-corrected chi connectivity index (χ4v) is 3.75. The second-order valence-corrected chi connectivity index (χ2v) is 7.13. The van der Waals surface area contributed by atoms with Gasteiger partial charge in [0.15, 0.2) is 0 Å². The topological polar surface area (TPSA) is 49.4 Å². The Morgan fingerprint density at radius 2 is 1.87 bits per heavy atom. The summed E-state index contributed by atoms with van der Waals surface area (Å²) < 4.78 is 0. The molecule has 1 atom stereocenters. The third-order valence-electron chi connectivity index (χ3n) is 5.26. The highest BCUT2D eigenvalue weighted by Gasteiger charge is 2.39. The SMILES string of the molecule is O=C(NCC(=O)N(C1CC1)C1CCCc2ccccc21)C1CC1. The number of carbonyl (C=O) groups excluding carboxylic acids is 2. The first-order valence-corrected chi connectivity index (χ1v) is 8.90. The molecular formula is C19H24N2O2. The van der Waals surface area contributed by atoms with E-state index in [4.69, 9.17) is 0 Å². The molecule has 3 aliphatic rings. The Bertz CT molecular complexity index is 620. The van der Waals surface area contributed by atoms with Gasteiger partial charge in [-0.05, 0) is 56.1 Å². The molecule has 2 fully saturated rings. The van der Waals surface area contributed by atoms with Gasteiger partial charge in [-0.15, -0.1) is 0 Å². The number of amides is 2. The number of rotatable bonds is 5. The highest BCUT2D eigenvalue weighted by molar-refractivity contribution is 5.87. The fraction of sp³-hybridized carbons (Fsp3) is 0.579. The van der Waals surface area contributed by atoms with Crippen LogP contribution in [-0.4, -0.2) is 29.3 Å². The average molecular weight is 312 g/mol. The molecular weight excluding hydrogens is 288 g/mol. The molecule has 2 amide bonds. The van der Waals surface area contributed by atoms with Gasteiger partial charge in [-0.3, -0.25) is 9.59 Å². The Morgan fingerprint density at radius 3 is 2.61 bits per heavy atom. The van der Waals surface area contributed by atoms with E-state index in [0.717, 1.165) is 44.9 Å². The van der Waals surface area contributed by atoms with Crippen LogP contribution in [0.15, 0.2) is 24.3 Å². The van der Waals surface area contributed by atoms with Gasteiger partial charge >= 0.3 is 0 Å². The first kappa shape index (κ1) is 14.7. The van der Waals surface area contributed by atoms with E-state index >= 15 is 0 Å². The van der Waals surface area contributed by atoms with Crippen molar-refractivity contribution in [2.24, 2.45) is 5.92 Å². The lowest BCUT2D eigenvalue weighted by molar-refractivity contribution is -0.136. The number of carbonyl (C=O) groups is 2. The lowest BCUT2D eigenvalue weighted by atomic mass is 9.86. The quantitative estimate of drug-likeness (QED) is 0.908. The third kappa shape index (κ3) is 3.12. The van der Waals surface area contributed by atoms with Gasteiger partial charge in [0.25, 0.3) is 0 Å². The molecule has 0 bridgehead atoms. The number of nitrogens with zero attached hydrogens (tertiary/aromatic N) is 1. The summed E-state index contributed by atoms with van der Waals surface area (Å²) in [6.45, 7) is 0.157. The van der Waals surface area contributed by atoms with Crippen molar-refractivity contribution in [1.29, 1.82) is 0 Å². The number of hydrogen-bond acceptors (Lipinski definition) is 2. The van der Waals surface area contributed by atoms with Gasteiger partial charge in [-0.25, -0.2) is 0 Å². The lowest BCUT2D eigenvalue weighted by Crippen LogP contribution is -2.44. The van der Waals surface area contributed by atoms with Crippen molar-refractivity contribution in [1.82, 2.24) is 10.2 Å². The van der Waals surface area contributed by atoms with Crippen molar-refractivity contribution in [2.75, 3.05) is 6.54 Å². The monoisotopic (exact) mass is 312 g/mol. The summed E-state index contributed by atoms with van der Waals surface area (Å²) in [6.07, 6.45) is 7.42. The number of hydrogen-bond donors (Lipinski definition) is 1. The fourth-order valence-electron chi connectivity index (χ4n) is 3.75. The van der Waals surface area contributed by atoms with Crippen LogP contribution in [0, 0.1) is 5.92 Å². The minimum Gasteiger partial charge on any atom is -0.347 e. The van der Waals surface area contributed by atoms with Gasteiger partial charge in [0, 0.05) is 12.0 Å². The summed E-state index contributed by atoms with van der Waals surface area (Å²) in [5.74, 6) is 0.300. The predicted molar refractivity (Wildman–Crippen MR) is 87.7 cm³/mol. The zero-order valence-electron chi connectivity index (χ0n) is 13.5. The van der Waals surface area contributed by atoms with Gasteiger partial charge < -0.3 is 10.2 Å². The van der Waals surface area contributed by atoms with E-state index in [-0.39, 0.29) is 30.3 Å². The molecule has 0 aromatic heterocycles. The molecule has 0 aliphatic heterocycles. The molecule has 1 N–H and O–H groups in total. The van der Waals surface area contributed by atoms with Crippen LogP contribution in [0.2, 0.25) is 0 Å². The van der Waals surface area contributed by atoms with Crippen LogP contribution in [0.3, 0.4) is 0 Å². The van der Waals surface area contributed by atoms with E-state index in [0.29, 0.717) is 6.04 Å². The Balaban J connectivity index is 1.49. The second-order valence-electron chi connectivity index (χ2n) is 7.13. The van der Waals surface area contributed by atoms with Crippen molar-refractivity contribution in [3.05, 3.63) is 35.4 Å². The molecule has 0 radical (unpaired) electrons. The van der Waals surface area contributed by atoms with E-state index in [9.17, 15) is 9.59 Å². The zero-order chi connectivity index (χ0) is 15.8. The van der Waals surface area contributed by atoms with E-state index in [1.807, 2.05) is 0 Å². The molecule has 4 heteroatoms. The van der Waals surface area contributed by atoms with Crippen molar-refractivity contribution in [3.63, 3.8) is 0 Å². The van der Waals surface area contributed by atoms with Gasteiger partial charge in [0.1, 0.15) is 0 Å². The van der Waals surface area contributed by atoms with Gasteiger partial charge in [-0.1, -0.05) is 24.3 Å². The number of nitrogens with one attached hydrogen (secondary N) is 1. The molecule has 1 aromatic carbocycles. The van der Waals surface area contributed by atoms with Crippen LogP contribution < -0.4 is 5.32 Å². The van der Waals surface area contributed by atoms with Gasteiger partial charge in [-0.2, -0.15) is 0 Å². The Labute approximate surface area is 137 Å². The van der Waals surface area contributed by atoms with Crippen LogP contribution in [0.1, 0.15) is 55.7 Å². The first-order valence-electron chi connectivity index (χ1n) is 8.90. The molecule has 1 aromatic rings.